The van der Waals surface area contributed by atoms with Crippen LogP contribution in [0.1, 0.15) is 50.7 Å². The Hall–Kier alpha value is -2.81. The van der Waals surface area contributed by atoms with Crippen LogP contribution in [0.15, 0.2) is 60.7 Å². The fourth-order valence-corrected chi connectivity index (χ4v) is 4.55. The minimum Gasteiger partial charge on any atom is -0.490 e. The van der Waals surface area contributed by atoms with Crippen LogP contribution in [0.2, 0.25) is 0 Å². The molecule has 4 rings (SSSR count). The van der Waals surface area contributed by atoms with Gasteiger partial charge in [-0.3, -0.25) is 4.79 Å². The van der Waals surface area contributed by atoms with Crippen molar-refractivity contribution in [2.45, 2.75) is 58.0 Å². The van der Waals surface area contributed by atoms with Crippen molar-refractivity contribution < 1.29 is 9.53 Å². The first-order valence-electron chi connectivity index (χ1n) is 10.6. The van der Waals surface area contributed by atoms with Gasteiger partial charge in [0, 0.05) is 16.5 Å². The zero-order valence-electron chi connectivity index (χ0n) is 17.5. The second kappa shape index (κ2) is 7.90. The third-order valence-corrected chi connectivity index (χ3v) is 5.96. The van der Waals surface area contributed by atoms with E-state index >= 15 is 0 Å². The number of carbonyl (C=O) groups is 1. The molecule has 0 heterocycles. The Morgan fingerprint density at radius 2 is 1.69 bits per heavy atom. The van der Waals surface area contributed by atoms with E-state index in [1.807, 2.05) is 44.2 Å². The quantitative estimate of drug-likeness (QED) is 0.551. The van der Waals surface area contributed by atoms with Crippen molar-refractivity contribution in [3.63, 3.8) is 0 Å². The average Bonchev–Trinajstić information content (AvgIpc) is 3.21. The van der Waals surface area contributed by atoms with Crippen LogP contribution in [-0.2, 0) is 10.2 Å². The molecular weight excluding hydrogens is 358 g/mol. The maximum atomic E-state index is 13.6. The van der Waals surface area contributed by atoms with E-state index in [-0.39, 0.29) is 12.0 Å². The number of aryl methyl sites for hydroxylation is 1. The molecular formula is C26H29NO2. The number of fused-ring (bicyclic) bond motifs is 1. The SMILES string of the molecule is Cc1cccc(C2(C(=O)Nc3ccc(OC(C)C)c4ccccc34)CCCC2)c1. The molecule has 0 aliphatic heterocycles. The summed E-state index contributed by atoms with van der Waals surface area (Å²) in [5.74, 6) is 0.950. The molecule has 0 unspecified atom stereocenters. The summed E-state index contributed by atoms with van der Waals surface area (Å²) in [6.45, 7) is 6.14. The van der Waals surface area contributed by atoms with Gasteiger partial charge in [-0.15, -0.1) is 0 Å². The van der Waals surface area contributed by atoms with E-state index in [0.29, 0.717) is 0 Å². The summed E-state index contributed by atoms with van der Waals surface area (Å²) in [6.07, 6.45) is 4.07. The van der Waals surface area contributed by atoms with Crippen molar-refractivity contribution in [3.8, 4) is 5.75 Å². The number of anilines is 1. The third-order valence-electron chi connectivity index (χ3n) is 5.96. The van der Waals surface area contributed by atoms with Gasteiger partial charge in [-0.2, -0.15) is 0 Å². The molecule has 1 fully saturated rings. The summed E-state index contributed by atoms with van der Waals surface area (Å²) in [5.41, 5.74) is 2.74. The summed E-state index contributed by atoms with van der Waals surface area (Å²) in [5, 5.41) is 5.31. The van der Waals surface area contributed by atoms with Crippen LogP contribution in [-0.4, -0.2) is 12.0 Å². The molecule has 29 heavy (non-hydrogen) atoms. The highest BCUT2D eigenvalue weighted by atomic mass is 16.5. The van der Waals surface area contributed by atoms with Crippen LogP contribution >= 0.6 is 0 Å². The van der Waals surface area contributed by atoms with Gasteiger partial charge in [0.1, 0.15) is 5.75 Å². The van der Waals surface area contributed by atoms with Crippen molar-refractivity contribution in [2.75, 3.05) is 5.32 Å². The summed E-state index contributed by atoms with van der Waals surface area (Å²) < 4.78 is 5.98. The number of amides is 1. The number of hydrogen-bond donors (Lipinski definition) is 1. The first-order valence-corrected chi connectivity index (χ1v) is 10.6. The highest BCUT2D eigenvalue weighted by Crippen LogP contribution is 2.43. The summed E-state index contributed by atoms with van der Waals surface area (Å²) in [6, 6.07) is 20.5. The van der Waals surface area contributed by atoms with E-state index < -0.39 is 5.41 Å². The molecule has 0 radical (unpaired) electrons. The molecule has 0 atom stereocenters. The fourth-order valence-electron chi connectivity index (χ4n) is 4.55. The van der Waals surface area contributed by atoms with Gasteiger partial charge in [0.15, 0.2) is 0 Å². The van der Waals surface area contributed by atoms with Gasteiger partial charge in [0.25, 0.3) is 0 Å². The Morgan fingerprint density at radius 1 is 0.966 bits per heavy atom. The first-order chi connectivity index (χ1) is 14.0. The molecule has 3 aromatic carbocycles. The van der Waals surface area contributed by atoms with E-state index in [0.717, 1.165) is 53.5 Å². The van der Waals surface area contributed by atoms with E-state index in [9.17, 15) is 4.79 Å². The second-order valence-electron chi connectivity index (χ2n) is 8.44. The molecule has 1 amide bonds. The summed E-state index contributed by atoms with van der Waals surface area (Å²) >= 11 is 0. The molecule has 0 aromatic heterocycles. The molecule has 150 valence electrons. The van der Waals surface area contributed by atoms with E-state index in [2.05, 4.69) is 42.6 Å². The number of rotatable bonds is 5. The zero-order valence-corrected chi connectivity index (χ0v) is 17.5. The van der Waals surface area contributed by atoms with Crippen LogP contribution in [0.25, 0.3) is 10.8 Å². The Kier molecular flexibility index (Phi) is 5.31. The number of carbonyl (C=O) groups excluding carboxylic acids is 1. The average molecular weight is 388 g/mol. The lowest BCUT2D eigenvalue weighted by atomic mass is 9.77. The maximum Gasteiger partial charge on any atom is 0.235 e. The van der Waals surface area contributed by atoms with Gasteiger partial charge in [-0.1, -0.05) is 66.9 Å². The fraction of sp³-hybridized carbons (Fsp3) is 0.346. The zero-order chi connectivity index (χ0) is 20.4. The van der Waals surface area contributed by atoms with Crippen LogP contribution in [0, 0.1) is 6.92 Å². The van der Waals surface area contributed by atoms with Gasteiger partial charge in [0.05, 0.1) is 11.5 Å². The largest absolute Gasteiger partial charge is 0.490 e. The molecule has 3 nitrogen and oxygen atoms in total. The van der Waals surface area contributed by atoms with Gasteiger partial charge >= 0.3 is 0 Å². The van der Waals surface area contributed by atoms with E-state index in [1.165, 1.54) is 5.56 Å². The molecule has 1 saturated carbocycles. The van der Waals surface area contributed by atoms with Crippen molar-refractivity contribution in [3.05, 3.63) is 71.8 Å². The molecule has 1 aliphatic rings. The van der Waals surface area contributed by atoms with Gasteiger partial charge in [0.2, 0.25) is 5.91 Å². The second-order valence-corrected chi connectivity index (χ2v) is 8.44. The predicted molar refractivity (Wildman–Crippen MR) is 120 cm³/mol. The van der Waals surface area contributed by atoms with Crippen LogP contribution in [0.5, 0.6) is 5.75 Å². The normalized spacial score (nSPS) is 15.6. The lowest BCUT2D eigenvalue weighted by Gasteiger charge is -2.29. The number of benzene rings is 3. The highest BCUT2D eigenvalue weighted by molar-refractivity contribution is 6.07. The number of nitrogens with one attached hydrogen (secondary N) is 1. The standard InChI is InChI=1S/C26H29NO2/c1-18(2)29-24-14-13-23(21-11-4-5-12-22(21)24)27-25(28)26(15-6-7-16-26)20-10-8-9-19(3)17-20/h4-5,8-14,17-18H,6-7,15-16H2,1-3H3,(H,27,28). The lowest BCUT2D eigenvalue weighted by Crippen LogP contribution is -2.38. The van der Waals surface area contributed by atoms with Crippen molar-refractivity contribution in [1.82, 2.24) is 0 Å². The van der Waals surface area contributed by atoms with Crippen molar-refractivity contribution in [1.29, 1.82) is 0 Å². The minimum atomic E-state index is -0.444. The smallest absolute Gasteiger partial charge is 0.235 e. The van der Waals surface area contributed by atoms with Crippen LogP contribution in [0.4, 0.5) is 5.69 Å². The number of hydrogen-bond acceptors (Lipinski definition) is 2. The monoisotopic (exact) mass is 387 g/mol. The van der Waals surface area contributed by atoms with Crippen LogP contribution in [0.3, 0.4) is 0 Å². The minimum absolute atomic E-state index is 0.0990. The molecule has 3 heteroatoms. The van der Waals surface area contributed by atoms with E-state index in [4.69, 9.17) is 4.74 Å². The Labute approximate surface area is 173 Å². The highest BCUT2D eigenvalue weighted by Gasteiger charge is 2.42. The summed E-state index contributed by atoms with van der Waals surface area (Å²) in [4.78, 5) is 13.6. The Morgan fingerprint density at radius 3 is 2.38 bits per heavy atom. The molecule has 0 spiro atoms. The number of ether oxygens (including phenoxy) is 1. The third kappa shape index (κ3) is 3.74. The molecule has 1 aliphatic carbocycles. The first kappa shape index (κ1) is 19.5. The van der Waals surface area contributed by atoms with Crippen molar-refractivity contribution >= 4 is 22.4 Å². The summed E-state index contributed by atoms with van der Waals surface area (Å²) in [7, 11) is 0. The topological polar surface area (TPSA) is 38.3 Å². The molecule has 3 aromatic rings. The van der Waals surface area contributed by atoms with Crippen molar-refractivity contribution in [2.24, 2.45) is 0 Å². The lowest BCUT2D eigenvalue weighted by molar-refractivity contribution is -0.121. The molecule has 0 saturated heterocycles. The van der Waals surface area contributed by atoms with Gasteiger partial charge < -0.3 is 10.1 Å². The Balaban J connectivity index is 1.71. The maximum absolute atomic E-state index is 13.6. The van der Waals surface area contributed by atoms with E-state index in [1.54, 1.807) is 0 Å². The molecule has 0 bridgehead atoms. The Bertz CT molecular complexity index is 1030. The van der Waals surface area contributed by atoms with Gasteiger partial charge in [-0.25, -0.2) is 0 Å². The molecule has 1 N–H and O–H groups in total. The van der Waals surface area contributed by atoms with Crippen LogP contribution < -0.4 is 10.1 Å². The van der Waals surface area contributed by atoms with Gasteiger partial charge in [-0.05, 0) is 51.3 Å². The predicted octanol–water partition coefficient (Wildman–Crippen LogP) is 6.39.